The number of H-pyrrole nitrogens is 1. The summed E-state index contributed by atoms with van der Waals surface area (Å²) in [5.41, 5.74) is 2.76. The van der Waals surface area contributed by atoms with Crippen molar-refractivity contribution in [3.8, 4) is 5.75 Å². The molecular formula is C19H27N3O3. The maximum atomic E-state index is 13.0. The van der Waals surface area contributed by atoms with E-state index in [2.05, 4.69) is 9.97 Å². The summed E-state index contributed by atoms with van der Waals surface area (Å²) in [5, 5.41) is 9.36. The second kappa shape index (κ2) is 7.70. The number of nitrogens with one attached hydrogen (secondary N) is 1. The lowest BCUT2D eigenvalue weighted by Gasteiger charge is -2.32. The van der Waals surface area contributed by atoms with Crippen LogP contribution in [0.15, 0.2) is 24.5 Å². The van der Waals surface area contributed by atoms with E-state index in [1.807, 2.05) is 39.0 Å². The summed E-state index contributed by atoms with van der Waals surface area (Å²) in [6.07, 6.45) is 1.60. The monoisotopic (exact) mass is 345 g/mol. The van der Waals surface area contributed by atoms with Crippen LogP contribution in [0.2, 0.25) is 0 Å². The molecule has 0 aliphatic carbocycles. The predicted octanol–water partition coefficient (Wildman–Crippen LogP) is 2.51. The topological polar surface area (TPSA) is 78.4 Å². The van der Waals surface area contributed by atoms with Gasteiger partial charge in [0.05, 0.1) is 25.2 Å². The molecule has 0 aliphatic rings. The number of carbonyl (C=O) groups is 1. The number of rotatable bonds is 7. The maximum absolute atomic E-state index is 13.0. The molecular weight excluding hydrogens is 318 g/mol. The van der Waals surface area contributed by atoms with Gasteiger partial charge in [0, 0.05) is 12.2 Å². The van der Waals surface area contributed by atoms with Gasteiger partial charge in [-0.25, -0.2) is 4.98 Å². The van der Waals surface area contributed by atoms with Crippen molar-refractivity contribution in [2.24, 2.45) is 0 Å². The largest absolute Gasteiger partial charge is 0.478 e. The second-order valence-corrected chi connectivity index (χ2v) is 6.73. The van der Waals surface area contributed by atoms with Crippen LogP contribution in [-0.4, -0.2) is 44.6 Å². The normalized spacial score (nSPS) is 11.4. The Kier molecular flexibility index (Phi) is 5.85. The number of hydrogen-bond acceptors (Lipinski definition) is 4. The van der Waals surface area contributed by atoms with Gasteiger partial charge in [-0.15, -0.1) is 0 Å². The summed E-state index contributed by atoms with van der Waals surface area (Å²) < 4.78 is 6.05. The number of imidazole rings is 1. The van der Waals surface area contributed by atoms with E-state index in [0.717, 1.165) is 22.5 Å². The first-order valence-corrected chi connectivity index (χ1v) is 8.40. The van der Waals surface area contributed by atoms with Gasteiger partial charge in [0.25, 0.3) is 5.91 Å². The van der Waals surface area contributed by atoms with Crippen LogP contribution in [0, 0.1) is 20.8 Å². The van der Waals surface area contributed by atoms with Crippen molar-refractivity contribution in [3.63, 3.8) is 0 Å². The van der Waals surface area contributed by atoms with Crippen LogP contribution in [0.4, 0.5) is 0 Å². The molecule has 0 radical (unpaired) electrons. The van der Waals surface area contributed by atoms with Crippen molar-refractivity contribution in [2.75, 3.05) is 13.2 Å². The lowest BCUT2D eigenvalue weighted by atomic mass is 10.1. The molecule has 0 spiro atoms. The van der Waals surface area contributed by atoms with E-state index in [-0.39, 0.29) is 19.1 Å². The van der Waals surface area contributed by atoms with Crippen LogP contribution < -0.4 is 4.74 Å². The molecule has 2 aromatic rings. The van der Waals surface area contributed by atoms with Crippen molar-refractivity contribution in [2.45, 2.75) is 46.8 Å². The maximum Gasteiger partial charge on any atom is 0.266 e. The van der Waals surface area contributed by atoms with Gasteiger partial charge in [0.1, 0.15) is 5.75 Å². The summed E-state index contributed by atoms with van der Waals surface area (Å²) >= 11 is 0. The highest BCUT2D eigenvalue weighted by Gasteiger charge is 2.35. The number of ether oxygens (including phenoxy) is 1. The zero-order valence-corrected chi connectivity index (χ0v) is 15.6. The molecule has 0 unspecified atom stereocenters. The Hall–Kier alpha value is -2.34. The second-order valence-electron chi connectivity index (χ2n) is 6.73. The molecule has 6 heteroatoms. The highest BCUT2D eigenvalue weighted by Crippen LogP contribution is 2.26. The average molecular weight is 345 g/mol. The Balaban J connectivity index is 2.21. The number of aromatic amines is 1. The summed E-state index contributed by atoms with van der Waals surface area (Å²) in [4.78, 5) is 21.9. The summed E-state index contributed by atoms with van der Waals surface area (Å²) in [6, 6.07) is 5.79. The number of hydrogen-bond donors (Lipinski definition) is 2. The van der Waals surface area contributed by atoms with Crippen LogP contribution >= 0.6 is 0 Å². The molecule has 0 fully saturated rings. The fourth-order valence-corrected chi connectivity index (χ4v) is 2.63. The minimum Gasteiger partial charge on any atom is -0.478 e. The number of nitrogens with zero attached hydrogens (tertiary/aromatic N) is 2. The molecule has 2 N–H and O–H groups in total. The van der Waals surface area contributed by atoms with Crippen molar-refractivity contribution in [3.05, 3.63) is 47.0 Å². The van der Waals surface area contributed by atoms with E-state index < -0.39 is 5.60 Å². The number of benzene rings is 1. The third-order valence-corrected chi connectivity index (χ3v) is 4.37. The first-order valence-electron chi connectivity index (χ1n) is 8.40. The molecule has 0 atom stereocenters. The Morgan fingerprint density at radius 1 is 1.32 bits per heavy atom. The van der Waals surface area contributed by atoms with Crippen molar-refractivity contribution >= 4 is 5.91 Å². The Labute approximate surface area is 148 Å². The minimum atomic E-state index is -1.06. The van der Waals surface area contributed by atoms with Gasteiger partial charge < -0.3 is 19.7 Å². The standard InChI is InChI=1S/C19H27N3O3/c1-13-7-6-8-17(14(13)2)25-19(4,5)18(24)22(9-10-23)11-16-15(3)20-12-21-16/h6-8,12,23H,9-11H2,1-5H3,(H,20,21). The Morgan fingerprint density at radius 3 is 2.64 bits per heavy atom. The third kappa shape index (κ3) is 4.39. The Morgan fingerprint density at radius 2 is 2.04 bits per heavy atom. The quantitative estimate of drug-likeness (QED) is 0.808. The van der Waals surface area contributed by atoms with E-state index in [4.69, 9.17) is 4.74 Å². The van der Waals surface area contributed by atoms with E-state index in [9.17, 15) is 9.90 Å². The molecule has 136 valence electrons. The lowest BCUT2D eigenvalue weighted by molar-refractivity contribution is -0.146. The van der Waals surface area contributed by atoms with Gasteiger partial charge in [0.15, 0.2) is 5.60 Å². The van der Waals surface area contributed by atoms with Crippen LogP contribution in [0.25, 0.3) is 0 Å². The van der Waals surface area contributed by atoms with Crippen molar-refractivity contribution < 1.29 is 14.6 Å². The first-order chi connectivity index (χ1) is 11.8. The number of aliphatic hydroxyl groups is 1. The SMILES string of the molecule is Cc1cccc(OC(C)(C)C(=O)N(CCO)Cc2nc[nH]c2C)c1C. The highest BCUT2D eigenvalue weighted by molar-refractivity contribution is 5.84. The van der Waals surface area contributed by atoms with Gasteiger partial charge >= 0.3 is 0 Å². The number of carbonyl (C=O) groups excluding carboxylic acids is 1. The summed E-state index contributed by atoms with van der Waals surface area (Å²) in [5.74, 6) is 0.503. The van der Waals surface area contributed by atoms with Gasteiger partial charge in [-0.05, 0) is 51.8 Å². The lowest BCUT2D eigenvalue weighted by Crippen LogP contribution is -2.49. The van der Waals surface area contributed by atoms with Crippen LogP contribution in [-0.2, 0) is 11.3 Å². The molecule has 0 bridgehead atoms. The van der Waals surface area contributed by atoms with E-state index in [0.29, 0.717) is 12.3 Å². The number of amides is 1. The number of aromatic nitrogens is 2. The molecule has 1 aromatic heterocycles. The van der Waals surface area contributed by atoms with Gasteiger partial charge in [-0.1, -0.05) is 12.1 Å². The zero-order chi connectivity index (χ0) is 18.6. The molecule has 0 saturated carbocycles. The molecule has 1 heterocycles. The molecule has 6 nitrogen and oxygen atoms in total. The van der Waals surface area contributed by atoms with Gasteiger partial charge in [0.2, 0.25) is 0 Å². The third-order valence-electron chi connectivity index (χ3n) is 4.37. The van der Waals surface area contributed by atoms with Crippen molar-refractivity contribution in [1.29, 1.82) is 0 Å². The zero-order valence-electron chi connectivity index (χ0n) is 15.6. The fraction of sp³-hybridized carbons (Fsp3) is 0.474. The smallest absolute Gasteiger partial charge is 0.266 e. The highest BCUT2D eigenvalue weighted by atomic mass is 16.5. The first kappa shape index (κ1) is 19.0. The van der Waals surface area contributed by atoms with Crippen LogP contribution in [0.5, 0.6) is 5.75 Å². The average Bonchev–Trinajstić information content (AvgIpc) is 2.95. The van der Waals surface area contributed by atoms with Crippen molar-refractivity contribution in [1.82, 2.24) is 14.9 Å². The summed E-state index contributed by atoms with van der Waals surface area (Å²) in [7, 11) is 0. The molecule has 25 heavy (non-hydrogen) atoms. The van der Waals surface area contributed by atoms with E-state index in [1.54, 1.807) is 25.1 Å². The van der Waals surface area contributed by atoms with Gasteiger partial charge in [-0.2, -0.15) is 0 Å². The van der Waals surface area contributed by atoms with Gasteiger partial charge in [-0.3, -0.25) is 4.79 Å². The Bertz CT molecular complexity index is 737. The molecule has 1 aromatic carbocycles. The molecule has 1 amide bonds. The van der Waals surface area contributed by atoms with Crippen LogP contribution in [0.1, 0.15) is 36.4 Å². The minimum absolute atomic E-state index is 0.116. The number of aryl methyl sites for hydroxylation is 2. The summed E-state index contributed by atoms with van der Waals surface area (Å²) in [6.45, 7) is 9.83. The van der Waals surface area contributed by atoms with E-state index in [1.165, 1.54) is 0 Å². The molecule has 0 saturated heterocycles. The van der Waals surface area contributed by atoms with Crippen LogP contribution in [0.3, 0.4) is 0 Å². The number of aliphatic hydroxyl groups excluding tert-OH is 1. The van der Waals surface area contributed by atoms with E-state index >= 15 is 0 Å². The predicted molar refractivity (Wildman–Crippen MR) is 96.5 cm³/mol. The fourth-order valence-electron chi connectivity index (χ4n) is 2.63. The molecule has 0 aliphatic heterocycles. The molecule has 2 rings (SSSR count).